The van der Waals surface area contributed by atoms with E-state index < -0.39 is 0 Å². The second kappa shape index (κ2) is 11.0. The van der Waals surface area contributed by atoms with Gasteiger partial charge in [-0.2, -0.15) is 0 Å². The monoisotopic (exact) mass is 484 g/mol. The fourth-order valence-electron chi connectivity index (χ4n) is 4.76. The highest BCUT2D eigenvalue weighted by molar-refractivity contribution is 6.35. The summed E-state index contributed by atoms with van der Waals surface area (Å²) in [6, 6.07) is 16.0. The van der Waals surface area contributed by atoms with Gasteiger partial charge in [-0.3, -0.25) is 9.59 Å². The Morgan fingerprint density at radius 2 is 1.75 bits per heavy atom. The molecule has 188 valence electrons. The van der Waals surface area contributed by atoms with Crippen molar-refractivity contribution in [2.24, 2.45) is 0 Å². The number of para-hydroxylation sites is 1. The molecule has 3 aromatic rings. The number of hydrogen-bond acceptors (Lipinski definition) is 3. The van der Waals surface area contributed by atoms with Crippen LogP contribution in [0, 0.1) is 6.92 Å². The molecule has 4 rings (SSSR count). The first-order valence-corrected chi connectivity index (χ1v) is 12.8. The summed E-state index contributed by atoms with van der Waals surface area (Å²) in [5.41, 5.74) is 7.38. The minimum atomic E-state index is -0.144. The average molecular weight is 485 g/mol. The van der Waals surface area contributed by atoms with Crippen molar-refractivity contribution in [3.05, 3.63) is 76.6 Å². The van der Waals surface area contributed by atoms with Crippen LogP contribution in [0.2, 0.25) is 0 Å². The van der Waals surface area contributed by atoms with E-state index in [-0.39, 0.29) is 11.8 Å². The van der Waals surface area contributed by atoms with Gasteiger partial charge in [0.1, 0.15) is 0 Å². The number of aromatic amines is 1. The maximum absolute atomic E-state index is 13.5. The number of H-pyrrole nitrogens is 1. The van der Waals surface area contributed by atoms with Crippen molar-refractivity contribution < 1.29 is 9.59 Å². The molecular formula is C30H36N4O2. The van der Waals surface area contributed by atoms with Gasteiger partial charge in [-0.05, 0) is 49.2 Å². The number of carbonyl (C=O) groups is 2. The van der Waals surface area contributed by atoms with Crippen LogP contribution in [0.15, 0.2) is 48.5 Å². The molecule has 1 aliphatic heterocycles. The number of amides is 2. The molecule has 6 heteroatoms. The van der Waals surface area contributed by atoms with E-state index in [1.807, 2.05) is 37.3 Å². The molecule has 6 nitrogen and oxygen atoms in total. The number of likely N-dealkylation sites (N-methyl/N-ethyl adjacent to an activating group) is 1. The van der Waals surface area contributed by atoms with Crippen molar-refractivity contribution in [3.8, 4) is 11.1 Å². The lowest BCUT2D eigenvalue weighted by Gasteiger charge is -2.18. The molecule has 0 bridgehead atoms. The molecule has 3 N–H and O–H groups in total. The smallest absolute Gasteiger partial charge is 0.256 e. The number of nitrogens with one attached hydrogen (secondary N) is 3. The third kappa shape index (κ3) is 5.14. The van der Waals surface area contributed by atoms with Gasteiger partial charge < -0.3 is 20.5 Å². The lowest BCUT2D eigenvalue weighted by atomic mass is 9.95. The Hall–Kier alpha value is -3.64. The molecule has 0 aliphatic carbocycles. The largest absolute Gasteiger partial charge is 0.358 e. The van der Waals surface area contributed by atoms with Gasteiger partial charge in [-0.15, -0.1) is 0 Å². The van der Waals surface area contributed by atoms with Gasteiger partial charge in [0.05, 0.1) is 11.1 Å². The van der Waals surface area contributed by atoms with Crippen molar-refractivity contribution in [2.45, 2.75) is 40.5 Å². The van der Waals surface area contributed by atoms with E-state index in [0.717, 1.165) is 53.4 Å². The van der Waals surface area contributed by atoms with Crippen molar-refractivity contribution in [2.75, 3.05) is 31.5 Å². The highest BCUT2D eigenvalue weighted by Crippen LogP contribution is 2.37. The van der Waals surface area contributed by atoms with Crippen molar-refractivity contribution >= 4 is 29.2 Å². The third-order valence-corrected chi connectivity index (χ3v) is 6.92. The van der Waals surface area contributed by atoms with Crippen LogP contribution in [-0.2, 0) is 4.79 Å². The zero-order valence-electron chi connectivity index (χ0n) is 21.9. The standard InChI is InChI=1S/C30H36N4O2/c1-6-34(7-2)17-16-31-30(36)27-20(5)32-26(28(27)22-14-12-21(13-15-22)19(3)4)18-24-23-10-8-9-11-25(23)33-29(24)35/h8-15,18-19,32H,6-7,16-17H2,1-5H3,(H,31,36)(H,33,35)/b24-18-. The zero-order valence-corrected chi connectivity index (χ0v) is 21.9. The molecule has 36 heavy (non-hydrogen) atoms. The lowest BCUT2D eigenvalue weighted by Crippen LogP contribution is -2.35. The number of benzene rings is 2. The first kappa shape index (κ1) is 25.5. The lowest BCUT2D eigenvalue weighted by molar-refractivity contribution is -0.110. The number of aryl methyl sites for hydroxylation is 1. The molecule has 2 amide bonds. The Morgan fingerprint density at radius 1 is 1.06 bits per heavy atom. The predicted molar refractivity (Wildman–Crippen MR) is 148 cm³/mol. The number of nitrogens with zero attached hydrogens (tertiary/aromatic N) is 1. The van der Waals surface area contributed by atoms with E-state index in [1.54, 1.807) is 0 Å². The molecular weight excluding hydrogens is 448 g/mol. The summed E-state index contributed by atoms with van der Waals surface area (Å²) in [5.74, 6) is 0.157. The molecule has 0 fully saturated rings. The van der Waals surface area contributed by atoms with E-state index in [9.17, 15) is 9.59 Å². The summed E-state index contributed by atoms with van der Waals surface area (Å²) >= 11 is 0. The molecule has 2 heterocycles. The first-order chi connectivity index (χ1) is 17.3. The van der Waals surface area contributed by atoms with Crippen LogP contribution in [0.4, 0.5) is 5.69 Å². The molecule has 0 radical (unpaired) electrons. The van der Waals surface area contributed by atoms with E-state index >= 15 is 0 Å². The van der Waals surface area contributed by atoms with Crippen molar-refractivity contribution in [1.82, 2.24) is 15.2 Å². The normalized spacial score (nSPS) is 14.0. The van der Waals surface area contributed by atoms with Crippen LogP contribution >= 0.6 is 0 Å². The Kier molecular flexibility index (Phi) is 7.75. The third-order valence-electron chi connectivity index (χ3n) is 6.92. The molecule has 0 atom stereocenters. The van der Waals surface area contributed by atoms with Crippen LogP contribution in [0.1, 0.15) is 66.5 Å². The van der Waals surface area contributed by atoms with Crippen LogP contribution in [0.25, 0.3) is 22.8 Å². The first-order valence-electron chi connectivity index (χ1n) is 12.8. The Bertz CT molecular complexity index is 1280. The summed E-state index contributed by atoms with van der Waals surface area (Å²) in [6.07, 6.45) is 1.87. The van der Waals surface area contributed by atoms with E-state index in [2.05, 4.69) is 72.5 Å². The summed E-state index contributed by atoms with van der Waals surface area (Å²) < 4.78 is 0. The number of rotatable bonds is 9. The molecule has 0 spiro atoms. The summed E-state index contributed by atoms with van der Waals surface area (Å²) in [4.78, 5) is 32.0. The summed E-state index contributed by atoms with van der Waals surface area (Å²) in [7, 11) is 0. The molecule has 1 aliphatic rings. The Morgan fingerprint density at radius 3 is 2.42 bits per heavy atom. The topological polar surface area (TPSA) is 77.2 Å². The predicted octanol–water partition coefficient (Wildman–Crippen LogP) is 5.68. The zero-order chi connectivity index (χ0) is 25.8. The van der Waals surface area contributed by atoms with Crippen LogP contribution < -0.4 is 10.6 Å². The van der Waals surface area contributed by atoms with Crippen LogP contribution in [0.3, 0.4) is 0 Å². The summed E-state index contributed by atoms with van der Waals surface area (Å²) in [6.45, 7) is 13.8. The Labute approximate surface area is 213 Å². The summed E-state index contributed by atoms with van der Waals surface area (Å²) in [5, 5.41) is 6.04. The highest BCUT2D eigenvalue weighted by atomic mass is 16.2. The number of aromatic nitrogens is 1. The molecule has 1 aromatic heterocycles. The number of fused-ring (bicyclic) bond motifs is 1. The SMILES string of the molecule is CCN(CC)CCNC(=O)c1c(C)[nH]c(/C=C2\C(=O)Nc3ccccc32)c1-c1ccc(C(C)C)cc1. The number of hydrogen-bond donors (Lipinski definition) is 3. The van der Waals surface area contributed by atoms with Crippen molar-refractivity contribution in [1.29, 1.82) is 0 Å². The van der Waals surface area contributed by atoms with Gasteiger partial charge >= 0.3 is 0 Å². The van der Waals surface area contributed by atoms with Gasteiger partial charge in [0.15, 0.2) is 0 Å². The van der Waals surface area contributed by atoms with Gasteiger partial charge in [-0.1, -0.05) is 70.2 Å². The molecule has 0 saturated heterocycles. The second-order valence-electron chi connectivity index (χ2n) is 9.53. The van der Waals surface area contributed by atoms with E-state index in [4.69, 9.17) is 0 Å². The van der Waals surface area contributed by atoms with Gasteiger partial charge in [-0.25, -0.2) is 0 Å². The van der Waals surface area contributed by atoms with E-state index in [1.165, 1.54) is 5.56 Å². The fourth-order valence-corrected chi connectivity index (χ4v) is 4.76. The van der Waals surface area contributed by atoms with E-state index in [0.29, 0.717) is 23.6 Å². The van der Waals surface area contributed by atoms with Gasteiger partial charge in [0, 0.05) is 41.3 Å². The second-order valence-corrected chi connectivity index (χ2v) is 9.53. The highest BCUT2D eigenvalue weighted by Gasteiger charge is 2.27. The maximum atomic E-state index is 13.5. The van der Waals surface area contributed by atoms with Gasteiger partial charge in [0.25, 0.3) is 11.8 Å². The van der Waals surface area contributed by atoms with Crippen LogP contribution in [0.5, 0.6) is 0 Å². The minimum Gasteiger partial charge on any atom is -0.358 e. The number of carbonyl (C=O) groups excluding carboxylic acids is 2. The molecule has 0 unspecified atom stereocenters. The Balaban J connectivity index is 1.77. The molecule has 2 aromatic carbocycles. The van der Waals surface area contributed by atoms with Crippen molar-refractivity contribution in [3.63, 3.8) is 0 Å². The minimum absolute atomic E-state index is 0.111. The number of anilines is 1. The average Bonchev–Trinajstić information content (AvgIpc) is 3.37. The molecule has 0 saturated carbocycles. The quantitative estimate of drug-likeness (QED) is 0.342. The van der Waals surface area contributed by atoms with Gasteiger partial charge in [0.2, 0.25) is 0 Å². The fraction of sp³-hybridized carbons (Fsp3) is 0.333. The maximum Gasteiger partial charge on any atom is 0.256 e. The van der Waals surface area contributed by atoms with Crippen LogP contribution in [-0.4, -0.2) is 47.9 Å².